The third-order valence-corrected chi connectivity index (χ3v) is 4.94. The third-order valence-electron chi connectivity index (χ3n) is 4.69. The highest BCUT2D eigenvalue weighted by molar-refractivity contribution is 6.30. The molecule has 1 aliphatic rings. The lowest BCUT2D eigenvalue weighted by Gasteiger charge is -2.28. The molecule has 1 saturated heterocycles. The van der Waals surface area contributed by atoms with Crippen molar-refractivity contribution in [3.8, 4) is 0 Å². The van der Waals surface area contributed by atoms with E-state index in [9.17, 15) is 0 Å². The Balaban J connectivity index is 1.93. The largest absolute Gasteiger partial charge is 0.381 e. The van der Waals surface area contributed by atoms with Crippen LogP contribution < -0.4 is 5.32 Å². The topological polar surface area (TPSA) is 40.1 Å². The van der Waals surface area contributed by atoms with Crippen molar-refractivity contribution in [1.82, 2.24) is 15.1 Å². The summed E-state index contributed by atoms with van der Waals surface area (Å²) >= 11 is 6.02. The molecule has 2 atom stereocenters. The second-order valence-electron chi connectivity index (χ2n) is 6.72. The number of hydrogen-bond donors (Lipinski definition) is 1. The van der Waals surface area contributed by atoms with Crippen LogP contribution in [-0.2, 0) is 4.74 Å². The van der Waals surface area contributed by atoms with Gasteiger partial charge in [0.15, 0.2) is 5.96 Å². The Hall–Kier alpha value is -1.30. The van der Waals surface area contributed by atoms with Crippen LogP contribution in [0.2, 0.25) is 5.02 Å². The molecule has 1 aromatic rings. The molecule has 0 spiro atoms. The molecule has 25 heavy (non-hydrogen) atoms. The molecule has 5 nitrogen and oxygen atoms in total. The van der Waals surface area contributed by atoms with Crippen molar-refractivity contribution >= 4 is 17.6 Å². The summed E-state index contributed by atoms with van der Waals surface area (Å²) in [6.07, 6.45) is 1.16. The van der Waals surface area contributed by atoms with Gasteiger partial charge in [-0.3, -0.25) is 4.99 Å². The Bertz CT molecular complexity index is 547. The number of likely N-dealkylation sites (N-methyl/N-ethyl adjacent to an activating group) is 1. The maximum Gasteiger partial charge on any atom is 0.193 e. The Morgan fingerprint density at radius 1 is 1.40 bits per heavy atom. The Morgan fingerprint density at radius 3 is 2.72 bits per heavy atom. The van der Waals surface area contributed by atoms with Crippen LogP contribution in [0.4, 0.5) is 0 Å². The molecule has 1 fully saturated rings. The number of aliphatic imine (C=N–C) groups is 1. The van der Waals surface area contributed by atoms with E-state index in [4.69, 9.17) is 16.3 Å². The van der Waals surface area contributed by atoms with Gasteiger partial charge in [-0.15, -0.1) is 0 Å². The van der Waals surface area contributed by atoms with Crippen LogP contribution in [0, 0.1) is 5.92 Å². The Kier molecular flexibility index (Phi) is 8.00. The normalized spacial score (nSPS) is 19.5. The summed E-state index contributed by atoms with van der Waals surface area (Å²) in [5.74, 6) is 1.57. The molecule has 1 N–H and O–H groups in total. The van der Waals surface area contributed by atoms with Gasteiger partial charge in [0, 0.05) is 44.2 Å². The minimum Gasteiger partial charge on any atom is -0.381 e. The molecule has 0 bridgehead atoms. The van der Waals surface area contributed by atoms with E-state index in [-0.39, 0.29) is 6.04 Å². The fourth-order valence-corrected chi connectivity index (χ4v) is 3.38. The molecular formula is C19H31ClN4O. The summed E-state index contributed by atoms with van der Waals surface area (Å²) in [4.78, 5) is 9.02. The van der Waals surface area contributed by atoms with Gasteiger partial charge in [0.2, 0.25) is 0 Å². The molecule has 1 heterocycles. The molecule has 0 aromatic heterocycles. The lowest BCUT2D eigenvalue weighted by atomic mass is 10.1. The van der Waals surface area contributed by atoms with E-state index < -0.39 is 0 Å². The Labute approximate surface area is 157 Å². The van der Waals surface area contributed by atoms with Crippen LogP contribution in [0.5, 0.6) is 0 Å². The highest BCUT2D eigenvalue weighted by Gasteiger charge is 2.25. The maximum absolute atomic E-state index is 6.02. The molecule has 0 radical (unpaired) electrons. The van der Waals surface area contributed by atoms with Gasteiger partial charge >= 0.3 is 0 Å². The van der Waals surface area contributed by atoms with Crippen molar-refractivity contribution in [2.75, 3.05) is 54.0 Å². The summed E-state index contributed by atoms with van der Waals surface area (Å²) in [7, 11) is 6.04. The molecular weight excluding hydrogens is 336 g/mol. The van der Waals surface area contributed by atoms with Gasteiger partial charge in [-0.05, 0) is 45.1 Å². The van der Waals surface area contributed by atoms with Gasteiger partial charge in [0.25, 0.3) is 0 Å². The number of halogens is 1. The van der Waals surface area contributed by atoms with Crippen LogP contribution in [-0.4, -0.2) is 69.8 Å². The predicted octanol–water partition coefficient (Wildman–Crippen LogP) is 2.88. The fraction of sp³-hybridized carbons (Fsp3) is 0.632. The summed E-state index contributed by atoms with van der Waals surface area (Å²) in [5.41, 5.74) is 1.24. The lowest BCUT2D eigenvalue weighted by Crippen LogP contribution is -2.43. The first-order chi connectivity index (χ1) is 12.0. The minimum absolute atomic E-state index is 0.260. The molecule has 0 amide bonds. The van der Waals surface area contributed by atoms with E-state index in [2.05, 4.69) is 46.3 Å². The van der Waals surface area contributed by atoms with Crippen molar-refractivity contribution < 1.29 is 4.74 Å². The van der Waals surface area contributed by atoms with E-state index in [0.717, 1.165) is 50.3 Å². The number of rotatable bonds is 7. The zero-order chi connectivity index (χ0) is 18.2. The average Bonchev–Trinajstić information content (AvgIpc) is 3.06. The molecule has 2 unspecified atom stereocenters. The lowest BCUT2D eigenvalue weighted by molar-refractivity contribution is 0.114. The SMILES string of the molecule is CCOCC1CCN(C(=NC)NCC(c2ccc(Cl)cc2)N(C)C)C1. The standard InChI is InChI=1S/C19H31ClN4O/c1-5-25-14-15-10-11-24(13-15)19(21-2)22-12-18(23(3)4)16-6-8-17(20)9-7-16/h6-9,15,18H,5,10-14H2,1-4H3,(H,21,22). The number of hydrogen-bond acceptors (Lipinski definition) is 3. The second-order valence-corrected chi connectivity index (χ2v) is 7.16. The first-order valence-corrected chi connectivity index (χ1v) is 9.38. The summed E-state index contributed by atoms with van der Waals surface area (Å²) < 4.78 is 5.57. The van der Waals surface area contributed by atoms with Crippen LogP contribution in [0.1, 0.15) is 24.9 Å². The van der Waals surface area contributed by atoms with E-state index in [1.54, 1.807) is 0 Å². The maximum atomic E-state index is 6.02. The van der Waals surface area contributed by atoms with Crippen LogP contribution in [0.15, 0.2) is 29.3 Å². The molecule has 6 heteroatoms. The van der Waals surface area contributed by atoms with Gasteiger partial charge in [0.05, 0.1) is 12.6 Å². The minimum atomic E-state index is 0.260. The highest BCUT2D eigenvalue weighted by Crippen LogP contribution is 2.21. The summed E-state index contributed by atoms with van der Waals surface area (Å²) in [5, 5.41) is 4.31. The predicted molar refractivity (Wildman–Crippen MR) is 105 cm³/mol. The van der Waals surface area contributed by atoms with Crippen molar-refractivity contribution in [3.63, 3.8) is 0 Å². The van der Waals surface area contributed by atoms with Crippen molar-refractivity contribution in [2.24, 2.45) is 10.9 Å². The van der Waals surface area contributed by atoms with E-state index in [1.165, 1.54) is 5.56 Å². The van der Waals surface area contributed by atoms with Gasteiger partial charge in [-0.2, -0.15) is 0 Å². The Morgan fingerprint density at radius 2 is 2.12 bits per heavy atom. The molecule has 1 aromatic carbocycles. The number of benzene rings is 1. The first kappa shape index (κ1) is 20.0. The van der Waals surface area contributed by atoms with Crippen molar-refractivity contribution in [1.29, 1.82) is 0 Å². The summed E-state index contributed by atoms with van der Waals surface area (Å²) in [6, 6.07) is 8.33. The van der Waals surface area contributed by atoms with Crippen molar-refractivity contribution in [2.45, 2.75) is 19.4 Å². The monoisotopic (exact) mass is 366 g/mol. The molecule has 140 valence electrons. The number of nitrogens with zero attached hydrogens (tertiary/aromatic N) is 3. The van der Waals surface area contributed by atoms with E-state index in [1.807, 2.05) is 26.1 Å². The van der Waals surface area contributed by atoms with Gasteiger partial charge < -0.3 is 19.9 Å². The zero-order valence-corrected chi connectivity index (χ0v) is 16.6. The number of guanidine groups is 1. The van der Waals surface area contributed by atoms with E-state index in [0.29, 0.717) is 5.92 Å². The van der Waals surface area contributed by atoms with Crippen LogP contribution in [0.3, 0.4) is 0 Å². The molecule has 0 aliphatic carbocycles. The molecule has 1 aliphatic heterocycles. The van der Waals surface area contributed by atoms with Gasteiger partial charge in [0.1, 0.15) is 0 Å². The molecule has 0 saturated carbocycles. The van der Waals surface area contributed by atoms with Gasteiger partial charge in [-0.1, -0.05) is 23.7 Å². The van der Waals surface area contributed by atoms with E-state index >= 15 is 0 Å². The number of ether oxygens (including phenoxy) is 1. The van der Waals surface area contributed by atoms with Crippen LogP contribution >= 0.6 is 11.6 Å². The second kappa shape index (κ2) is 10.00. The smallest absolute Gasteiger partial charge is 0.193 e. The highest BCUT2D eigenvalue weighted by atomic mass is 35.5. The third kappa shape index (κ3) is 5.87. The fourth-order valence-electron chi connectivity index (χ4n) is 3.25. The summed E-state index contributed by atoms with van der Waals surface area (Å²) in [6.45, 7) is 6.52. The average molecular weight is 367 g/mol. The molecule has 2 rings (SSSR count). The van der Waals surface area contributed by atoms with Crippen LogP contribution in [0.25, 0.3) is 0 Å². The quantitative estimate of drug-likeness (QED) is 0.595. The van der Waals surface area contributed by atoms with Crippen molar-refractivity contribution in [3.05, 3.63) is 34.9 Å². The number of nitrogens with one attached hydrogen (secondary N) is 1. The number of likely N-dealkylation sites (tertiary alicyclic amines) is 1. The van der Waals surface area contributed by atoms with Gasteiger partial charge in [-0.25, -0.2) is 0 Å². The first-order valence-electron chi connectivity index (χ1n) is 9.00. The zero-order valence-electron chi connectivity index (χ0n) is 15.8.